The maximum Gasteiger partial charge on any atom is 0.320 e. The first-order valence-corrected chi connectivity index (χ1v) is 6.11. The third kappa shape index (κ3) is 3.56. The molecule has 6 heteroatoms. The molecule has 0 fully saturated rings. The molecule has 1 unspecified atom stereocenters. The fraction of sp³-hybridized carbons (Fsp3) is 0.231. The fourth-order valence-corrected chi connectivity index (χ4v) is 1.69. The van der Waals surface area contributed by atoms with E-state index < -0.39 is 12.0 Å². The molecular weight excluding hydrogens is 268 g/mol. The standard InChI is InChI=1S/C13H13ClN2O3/c1-8(13(17)18)15-7-12-16-6-11(19-12)9-3-2-4-10(14)5-9/h2-6,8,15H,7H2,1H3,(H,17,18). The van der Waals surface area contributed by atoms with Crippen LogP contribution >= 0.6 is 11.6 Å². The van der Waals surface area contributed by atoms with Gasteiger partial charge in [0.25, 0.3) is 0 Å². The van der Waals surface area contributed by atoms with E-state index in [0.29, 0.717) is 16.7 Å². The summed E-state index contributed by atoms with van der Waals surface area (Å²) in [5, 5.41) is 12.2. The fourth-order valence-electron chi connectivity index (χ4n) is 1.49. The van der Waals surface area contributed by atoms with Crippen LogP contribution in [-0.2, 0) is 11.3 Å². The van der Waals surface area contributed by atoms with Gasteiger partial charge in [-0.25, -0.2) is 4.98 Å². The first-order valence-electron chi connectivity index (χ1n) is 5.73. The van der Waals surface area contributed by atoms with Gasteiger partial charge in [-0.1, -0.05) is 23.7 Å². The van der Waals surface area contributed by atoms with Gasteiger partial charge in [0, 0.05) is 10.6 Å². The van der Waals surface area contributed by atoms with Crippen molar-refractivity contribution in [1.82, 2.24) is 10.3 Å². The number of rotatable bonds is 5. The van der Waals surface area contributed by atoms with Gasteiger partial charge in [-0.15, -0.1) is 0 Å². The zero-order chi connectivity index (χ0) is 13.8. The molecule has 1 atom stereocenters. The van der Waals surface area contributed by atoms with Gasteiger partial charge in [0.15, 0.2) is 5.76 Å². The lowest BCUT2D eigenvalue weighted by atomic mass is 10.2. The lowest BCUT2D eigenvalue weighted by molar-refractivity contribution is -0.139. The number of nitrogens with zero attached hydrogens (tertiary/aromatic N) is 1. The number of carboxylic acid groups (broad SMARTS) is 1. The second-order valence-electron chi connectivity index (χ2n) is 4.07. The lowest BCUT2D eigenvalue weighted by Crippen LogP contribution is -2.33. The molecular formula is C13H13ClN2O3. The highest BCUT2D eigenvalue weighted by Crippen LogP contribution is 2.23. The largest absolute Gasteiger partial charge is 0.480 e. The Hall–Kier alpha value is -1.85. The molecule has 0 bridgehead atoms. The first kappa shape index (κ1) is 13.6. The molecule has 2 rings (SSSR count). The Bertz CT molecular complexity index is 583. The number of nitrogens with one attached hydrogen (secondary N) is 1. The summed E-state index contributed by atoms with van der Waals surface area (Å²) in [6.07, 6.45) is 1.59. The van der Waals surface area contributed by atoms with E-state index in [1.165, 1.54) is 0 Å². The van der Waals surface area contributed by atoms with E-state index in [4.69, 9.17) is 21.1 Å². The van der Waals surface area contributed by atoms with Crippen LogP contribution in [0.4, 0.5) is 0 Å². The SMILES string of the molecule is CC(NCc1ncc(-c2cccc(Cl)c2)o1)C(=O)O. The van der Waals surface area contributed by atoms with Crippen molar-refractivity contribution in [2.75, 3.05) is 0 Å². The van der Waals surface area contributed by atoms with Gasteiger partial charge >= 0.3 is 5.97 Å². The summed E-state index contributed by atoms with van der Waals surface area (Å²) in [6, 6.07) is 6.59. The third-order valence-corrected chi connectivity index (χ3v) is 2.83. The first-order chi connectivity index (χ1) is 9.06. The minimum absolute atomic E-state index is 0.258. The number of hydrogen-bond acceptors (Lipinski definition) is 4. The van der Waals surface area contributed by atoms with Crippen molar-refractivity contribution in [2.24, 2.45) is 0 Å². The van der Waals surface area contributed by atoms with E-state index in [2.05, 4.69) is 10.3 Å². The van der Waals surface area contributed by atoms with E-state index in [-0.39, 0.29) is 6.54 Å². The monoisotopic (exact) mass is 280 g/mol. The Balaban J connectivity index is 2.05. The molecule has 100 valence electrons. The number of carboxylic acids is 1. The van der Waals surface area contributed by atoms with E-state index in [1.807, 2.05) is 12.1 Å². The van der Waals surface area contributed by atoms with E-state index in [0.717, 1.165) is 5.56 Å². The molecule has 1 aromatic carbocycles. The maximum absolute atomic E-state index is 10.7. The van der Waals surface area contributed by atoms with Gasteiger partial charge in [0.1, 0.15) is 6.04 Å². The molecule has 0 saturated carbocycles. The van der Waals surface area contributed by atoms with Crippen LogP contribution in [0.1, 0.15) is 12.8 Å². The minimum Gasteiger partial charge on any atom is -0.480 e. The van der Waals surface area contributed by atoms with Crippen LogP contribution in [-0.4, -0.2) is 22.1 Å². The van der Waals surface area contributed by atoms with E-state index in [9.17, 15) is 4.79 Å². The Morgan fingerprint density at radius 1 is 1.58 bits per heavy atom. The van der Waals surface area contributed by atoms with Crippen molar-refractivity contribution >= 4 is 17.6 Å². The minimum atomic E-state index is -0.915. The highest BCUT2D eigenvalue weighted by molar-refractivity contribution is 6.30. The summed E-state index contributed by atoms with van der Waals surface area (Å²) in [7, 11) is 0. The molecule has 0 aliphatic carbocycles. The van der Waals surface area contributed by atoms with Crippen molar-refractivity contribution in [2.45, 2.75) is 19.5 Å². The van der Waals surface area contributed by atoms with Crippen LogP contribution in [0, 0.1) is 0 Å². The number of hydrogen-bond donors (Lipinski definition) is 2. The topological polar surface area (TPSA) is 75.4 Å². The predicted octanol–water partition coefficient (Wildman–Crippen LogP) is 2.56. The molecule has 1 heterocycles. The second kappa shape index (κ2) is 5.86. The van der Waals surface area contributed by atoms with Gasteiger partial charge in [0.2, 0.25) is 5.89 Å². The van der Waals surface area contributed by atoms with Gasteiger partial charge in [-0.05, 0) is 19.1 Å². The normalized spacial score (nSPS) is 12.3. The van der Waals surface area contributed by atoms with E-state index in [1.54, 1.807) is 25.3 Å². The molecule has 0 aliphatic heterocycles. The number of halogens is 1. The zero-order valence-corrected chi connectivity index (χ0v) is 11.0. The van der Waals surface area contributed by atoms with Gasteiger partial charge in [-0.2, -0.15) is 0 Å². The maximum atomic E-state index is 10.7. The second-order valence-corrected chi connectivity index (χ2v) is 4.51. The van der Waals surface area contributed by atoms with Crippen LogP contribution in [0.25, 0.3) is 11.3 Å². The van der Waals surface area contributed by atoms with Gasteiger partial charge < -0.3 is 9.52 Å². The number of carbonyl (C=O) groups is 1. The lowest BCUT2D eigenvalue weighted by Gasteiger charge is -2.05. The Kier molecular flexibility index (Phi) is 4.19. The van der Waals surface area contributed by atoms with Crippen LogP contribution in [0.3, 0.4) is 0 Å². The molecule has 5 nitrogen and oxygen atoms in total. The quantitative estimate of drug-likeness (QED) is 0.880. The Morgan fingerprint density at radius 2 is 2.37 bits per heavy atom. The molecule has 0 amide bonds. The smallest absolute Gasteiger partial charge is 0.320 e. The van der Waals surface area contributed by atoms with Crippen LogP contribution in [0.2, 0.25) is 5.02 Å². The van der Waals surface area contributed by atoms with E-state index >= 15 is 0 Å². The summed E-state index contributed by atoms with van der Waals surface area (Å²) in [6.45, 7) is 1.82. The molecule has 2 aromatic rings. The number of aromatic nitrogens is 1. The molecule has 1 aromatic heterocycles. The molecule has 0 saturated heterocycles. The van der Waals surface area contributed by atoms with Crippen molar-refractivity contribution in [3.05, 3.63) is 41.4 Å². The van der Waals surface area contributed by atoms with Crippen LogP contribution in [0.15, 0.2) is 34.9 Å². The van der Waals surface area contributed by atoms with Crippen LogP contribution < -0.4 is 5.32 Å². The molecule has 0 spiro atoms. The Labute approximate surface area is 115 Å². The van der Waals surface area contributed by atoms with Crippen molar-refractivity contribution in [3.8, 4) is 11.3 Å². The average molecular weight is 281 g/mol. The average Bonchev–Trinajstić information content (AvgIpc) is 2.84. The summed E-state index contributed by atoms with van der Waals surface area (Å²) >= 11 is 5.90. The van der Waals surface area contributed by atoms with Crippen molar-refractivity contribution < 1.29 is 14.3 Å². The van der Waals surface area contributed by atoms with Crippen molar-refractivity contribution in [3.63, 3.8) is 0 Å². The highest BCUT2D eigenvalue weighted by atomic mass is 35.5. The third-order valence-electron chi connectivity index (χ3n) is 2.59. The molecule has 0 aliphatic rings. The number of benzene rings is 1. The van der Waals surface area contributed by atoms with Crippen LogP contribution in [0.5, 0.6) is 0 Å². The van der Waals surface area contributed by atoms with Gasteiger partial charge in [-0.3, -0.25) is 10.1 Å². The predicted molar refractivity (Wildman–Crippen MR) is 70.9 cm³/mol. The Morgan fingerprint density at radius 3 is 3.05 bits per heavy atom. The summed E-state index contributed by atoms with van der Waals surface area (Å²) in [5.74, 6) is 0.118. The zero-order valence-electron chi connectivity index (χ0n) is 10.3. The summed E-state index contributed by atoms with van der Waals surface area (Å²) in [5.41, 5.74) is 0.831. The number of aliphatic carboxylic acids is 1. The molecule has 19 heavy (non-hydrogen) atoms. The highest BCUT2D eigenvalue weighted by Gasteiger charge is 2.12. The molecule has 0 radical (unpaired) electrons. The van der Waals surface area contributed by atoms with Crippen molar-refractivity contribution in [1.29, 1.82) is 0 Å². The van der Waals surface area contributed by atoms with Gasteiger partial charge in [0.05, 0.1) is 12.7 Å². The number of oxazole rings is 1. The molecule has 2 N–H and O–H groups in total. The summed E-state index contributed by atoms with van der Waals surface area (Å²) in [4.78, 5) is 14.7. The summed E-state index contributed by atoms with van der Waals surface area (Å²) < 4.78 is 5.53.